The van der Waals surface area contributed by atoms with Gasteiger partial charge in [0.05, 0.1) is 38.6 Å². The first kappa shape index (κ1) is 37.2. The molecule has 0 saturated carbocycles. The Morgan fingerprint density at radius 3 is 2.13 bits per heavy atom. The third-order valence-corrected chi connectivity index (χ3v) is 10.0. The van der Waals surface area contributed by atoms with Crippen LogP contribution < -0.4 is 18.9 Å². The Balaban J connectivity index is 1.22. The minimum atomic E-state index is -0.308. The van der Waals surface area contributed by atoms with Crippen molar-refractivity contribution in [2.24, 2.45) is 4.99 Å². The largest absolute Gasteiger partial charge is 0.493 e. The summed E-state index contributed by atoms with van der Waals surface area (Å²) < 4.78 is 28.9. The second-order valence-corrected chi connectivity index (χ2v) is 13.8. The fourth-order valence-electron chi connectivity index (χ4n) is 7.23. The van der Waals surface area contributed by atoms with Crippen LogP contribution >= 0.6 is 0 Å². The molecule has 0 N–H and O–H groups in total. The van der Waals surface area contributed by atoms with E-state index in [1.54, 1.807) is 36.4 Å². The van der Waals surface area contributed by atoms with Crippen molar-refractivity contribution in [1.82, 2.24) is 9.80 Å². The summed E-state index contributed by atoms with van der Waals surface area (Å²) in [5, 5.41) is 0. The molecule has 3 aromatic rings. The molecule has 2 atom stereocenters. The minimum absolute atomic E-state index is 0.0445. The molecule has 0 unspecified atom stereocenters. The van der Waals surface area contributed by atoms with E-state index < -0.39 is 0 Å². The Kier molecular flexibility index (Phi) is 11.2. The number of fused-ring (bicyclic) bond motifs is 2. The summed E-state index contributed by atoms with van der Waals surface area (Å²) in [6.07, 6.45) is 4.83. The van der Waals surface area contributed by atoms with E-state index in [4.69, 9.17) is 23.7 Å². The Hall–Kier alpha value is -5.58. The van der Waals surface area contributed by atoms with Crippen LogP contribution in [0.5, 0.6) is 23.0 Å². The first-order valence-corrected chi connectivity index (χ1v) is 17.9. The van der Waals surface area contributed by atoms with Crippen LogP contribution in [0.4, 0.5) is 5.69 Å². The molecule has 11 heteroatoms. The number of nitrogens with zero attached hydrogens (tertiary/aromatic N) is 3. The molecular weight excluding hydrogens is 674 g/mol. The van der Waals surface area contributed by atoms with Crippen LogP contribution in [0.3, 0.4) is 0 Å². The van der Waals surface area contributed by atoms with Gasteiger partial charge in [-0.15, -0.1) is 0 Å². The van der Waals surface area contributed by atoms with Gasteiger partial charge in [-0.1, -0.05) is 43.4 Å². The van der Waals surface area contributed by atoms with Crippen molar-refractivity contribution < 1.29 is 38.1 Å². The van der Waals surface area contributed by atoms with Crippen LogP contribution in [0.2, 0.25) is 0 Å². The zero-order valence-corrected chi connectivity index (χ0v) is 31.2. The Morgan fingerprint density at radius 2 is 1.47 bits per heavy atom. The van der Waals surface area contributed by atoms with Gasteiger partial charge >= 0.3 is 5.97 Å². The van der Waals surface area contributed by atoms with Gasteiger partial charge in [-0.2, -0.15) is 0 Å². The summed E-state index contributed by atoms with van der Waals surface area (Å²) >= 11 is 0. The molecular formula is C42H47N3O8. The molecule has 6 rings (SSSR count). The summed E-state index contributed by atoms with van der Waals surface area (Å²) in [6, 6.07) is 12.9. The van der Waals surface area contributed by atoms with Crippen LogP contribution in [0.25, 0.3) is 0 Å². The molecule has 0 radical (unpaired) electrons. The molecule has 2 fully saturated rings. The van der Waals surface area contributed by atoms with Crippen LogP contribution in [0.1, 0.15) is 75.6 Å². The van der Waals surface area contributed by atoms with Crippen molar-refractivity contribution in [2.45, 2.75) is 71.2 Å². The smallest absolute Gasteiger partial charge is 0.305 e. The number of hydrogen-bond donors (Lipinski definition) is 0. The number of ether oxygens (including phenoxy) is 5. The number of aliphatic imine (C=N–C) groups is 1. The third kappa shape index (κ3) is 8.09. The van der Waals surface area contributed by atoms with Crippen LogP contribution in [0.15, 0.2) is 71.8 Å². The average molecular weight is 722 g/mol. The number of aryl methyl sites for hydroxylation is 2. The van der Waals surface area contributed by atoms with Crippen molar-refractivity contribution in [3.63, 3.8) is 0 Å². The van der Waals surface area contributed by atoms with Crippen molar-refractivity contribution >= 4 is 29.7 Å². The van der Waals surface area contributed by atoms with Gasteiger partial charge < -0.3 is 33.5 Å². The lowest BCUT2D eigenvalue weighted by molar-refractivity contribution is -0.140. The van der Waals surface area contributed by atoms with Gasteiger partial charge in [-0.25, -0.2) is 0 Å². The first-order valence-electron chi connectivity index (χ1n) is 17.9. The summed E-state index contributed by atoms with van der Waals surface area (Å²) in [4.78, 5) is 47.4. The quantitative estimate of drug-likeness (QED) is 0.138. The van der Waals surface area contributed by atoms with Crippen molar-refractivity contribution in [1.29, 1.82) is 0 Å². The summed E-state index contributed by atoms with van der Waals surface area (Å²) in [7, 11) is 4.46. The van der Waals surface area contributed by atoms with Crippen molar-refractivity contribution in [3.05, 3.63) is 100 Å². The number of esters is 1. The topological polar surface area (TPSA) is 116 Å². The van der Waals surface area contributed by atoms with Crippen LogP contribution in [0, 0.1) is 6.92 Å². The highest BCUT2D eigenvalue weighted by Gasteiger charge is 2.34. The highest BCUT2D eigenvalue weighted by molar-refractivity contribution is 6.04. The monoisotopic (exact) mass is 721 g/mol. The van der Waals surface area contributed by atoms with Gasteiger partial charge in [0, 0.05) is 43.4 Å². The fourth-order valence-corrected chi connectivity index (χ4v) is 7.23. The molecule has 53 heavy (non-hydrogen) atoms. The molecule has 0 aromatic heterocycles. The van der Waals surface area contributed by atoms with E-state index in [1.807, 2.05) is 36.1 Å². The van der Waals surface area contributed by atoms with Crippen molar-refractivity contribution in [2.75, 3.05) is 34.4 Å². The predicted octanol–water partition coefficient (Wildman–Crippen LogP) is 6.94. The fraction of sp³-hybridized carbons (Fsp3) is 0.381. The summed E-state index contributed by atoms with van der Waals surface area (Å²) in [5.41, 5.74) is 6.96. The van der Waals surface area contributed by atoms with Gasteiger partial charge in [-0.05, 0) is 79.1 Å². The predicted molar refractivity (Wildman–Crippen MR) is 202 cm³/mol. The number of rotatable bonds is 13. The van der Waals surface area contributed by atoms with Gasteiger partial charge in [0.1, 0.15) is 13.2 Å². The molecule has 2 amide bonds. The summed E-state index contributed by atoms with van der Waals surface area (Å²) in [6.45, 7) is 13.6. The summed E-state index contributed by atoms with van der Waals surface area (Å²) in [5.74, 6) is 1.35. The lowest BCUT2D eigenvalue weighted by Gasteiger charge is -2.24. The highest BCUT2D eigenvalue weighted by Crippen LogP contribution is 2.39. The Morgan fingerprint density at radius 1 is 0.830 bits per heavy atom. The number of amides is 2. The van der Waals surface area contributed by atoms with E-state index >= 15 is 0 Å². The molecule has 0 bridgehead atoms. The molecule has 0 aliphatic carbocycles. The number of likely N-dealkylation sites (tertiary alicyclic amines) is 1. The highest BCUT2D eigenvalue weighted by atomic mass is 16.5. The zero-order valence-electron chi connectivity index (χ0n) is 31.2. The van der Waals surface area contributed by atoms with Gasteiger partial charge in [0.15, 0.2) is 23.0 Å². The maximum Gasteiger partial charge on any atom is 0.305 e. The molecule has 3 heterocycles. The molecule has 0 spiro atoms. The molecule has 278 valence electrons. The first-order chi connectivity index (χ1) is 25.5. The lowest BCUT2D eigenvalue weighted by atomic mass is 10.0. The average Bonchev–Trinajstić information content (AvgIpc) is 3.71. The van der Waals surface area contributed by atoms with E-state index in [1.165, 1.54) is 14.2 Å². The Bertz CT molecular complexity index is 1980. The van der Waals surface area contributed by atoms with E-state index in [0.29, 0.717) is 65.7 Å². The van der Waals surface area contributed by atoms with E-state index in [9.17, 15) is 14.4 Å². The van der Waals surface area contributed by atoms with E-state index in [2.05, 4.69) is 25.1 Å². The van der Waals surface area contributed by atoms with E-state index in [0.717, 1.165) is 46.2 Å². The van der Waals surface area contributed by atoms with E-state index in [-0.39, 0.29) is 49.5 Å². The normalized spacial score (nSPS) is 17.7. The number of benzene rings is 3. The molecule has 3 aliphatic rings. The number of carbonyl (C=O) groups excluding carboxylic acids is 3. The molecule has 2 saturated heterocycles. The minimum Gasteiger partial charge on any atom is -0.493 e. The SMILES string of the molecule is C=C1C[C@@H](CC)N(C(=O)c2cc(OC)c(OCc3cc(CCC(=O)OC)cc(COc4cc5c(cc4OC)C(=O)N4CC(=C)C[C@H]4C=N5)c3)cc2C)C1. The number of methoxy groups -OCH3 is 3. The van der Waals surface area contributed by atoms with Crippen LogP contribution in [-0.4, -0.2) is 80.3 Å². The Labute approximate surface area is 310 Å². The maximum absolute atomic E-state index is 13.6. The van der Waals surface area contributed by atoms with Gasteiger partial charge in [0.25, 0.3) is 11.8 Å². The molecule has 3 aromatic carbocycles. The second kappa shape index (κ2) is 16.0. The van der Waals surface area contributed by atoms with Gasteiger partial charge in [-0.3, -0.25) is 19.4 Å². The zero-order chi connectivity index (χ0) is 37.8. The van der Waals surface area contributed by atoms with Gasteiger partial charge in [0.2, 0.25) is 0 Å². The number of carbonyl (C=O) groups is 3. The van der Waals surface area contributed by atoms with Crippen molar-refractivity contribution in [3.8, 4) is 23.0 Å². The number of hydrogen-bond acceptors (Lipinski definition) is 9. The third-order valence-electron chi connectivity index (χ3n) is 10.0. The second-order valence-electron chi connectivity index (χ2n) is 13.8. The molecule has 11 nitrogen and oxygen atoms in total. The molecule has 3 aliphatic heterocycles. The van der Waals surface area contributed by atoms with Crippen LogP contribution in [-0.2, 0) is 29.2 Å². The standard InChI is InChI=1S/C42H47N3O8/c1-8-31-11-25(2)21-44(31)41(47)33-17-36(49-5)38(13-27(33)4)52-23-29-14-28(9-10-40(46)51-7)15-30(16-29)24-53-39-19-35-34(18-37(39)50-6)42(48)45-22-26(3)12-32(45)20-43-35/h13-20,31-32H,2-3,8-12,21-24H2,1,4-7H3/t31-,32+/m1/s1. The lowest BCUT2D eigenvalue weighted by Crippen LogP contribution is -2.35. The maximum atomic E-state index is 13.6.